The third-order valence-corrected chi connectivity index (χ3v) is 4.05. The molecule has 15 heavy (non-hydrogen) atoms. The molecule has 0 aromatic carbocycles. The second kappa shape index (κ2) is 5.40. The maximum absolute atomic E-state index is 12.3. The summed E-state index contributed by atoms with van der Waals surface area (Å²) in [6.07, 6.45) is 2.35. The second-order valence-corrected chi connectivity index (χ2v) is 4.98. The summed E-state index contributed by atoms with van der Waals surface area (Å²) in [5.74, 6) is 0. The summed E-state index contributed by atoms with van der Waals surface area (Å²) < 4.78 is 22.4. The summed E-state index contributed by atoms with van der Waals surface area (Å²) >= 11 is 0. The number of hydrogen-bond acceptors (Lipinski definition) is 4. The van der Waals surface area contributed by atoms with Gasteiger partial charge >= 0.3 is 7.60 Å². The Kier molecular flexibility index (Phi) is 4.45. The molecule has 0 spiro atoms. The van der Waals surface area contributed by atoms with Crippen LogP contribution in [-0.2, 0) is 20.0 Å². The molecule has 0 fully saturated rings. The van der Waals surface area contributed by atoms with E-state index in [9.17, 15) is 4.57 Å². The van der Waals surface area contributed by atoms with Crippen LogP contribution in [0.1, 0.15) is 19.4 Å². The van der Waals surface area contributed by atoms with Gasteiger partial charge in [0.25, 0.3) is 0 Å². The lowest BCUT2D eigenvalue weighted by atomic mass is 10.2. The van der Waals surface area contributed by atoms with Crippen molar-refractivity contribution >= 4 is 13.0 Å². The summed E-state index contributed by atoms with van der Waals surface area (Å²) in [5.41, 5.74) is 1.33. The maximum Gasteiger partial charge on any atom is 0.379 e. The van der Waals surface area contributed by atoms with Gasteiger partial charge in [0, 0.05) is 13.3 Å². The van der Waals surface area contributed by atoms with E-state index in [4.69, 9.17) is 9.05 Å². The van der Waals surface area contributed by atoms with Gasteiger partial charge in [0.1, 0.15) is 0 Å². The summed E-state index contributed by atoms with van der Waals surface area (Å²) in [4.78, 5) is 4.10. The molecule has 0 saturated heterocycles. The first-order valence-electron chi connectivity index (χ1n) is 4.92. The molecule has 1 rings (SSSR count). The lowest BCUT2D eigenvalue weighted by molar-refractivity contribution is 0.254. The Morgan fingerprint density at radius 1 is 1.47 bits per heavy atom. The second-order valence-electron chi connectivity index (χ2n) is 2.94. The van der Waals surface area contributed by atoms with Gasteiger partial charge < -0.3 is 9.05 Å². The standard InChI is InChI=1S/C10H16NO3P/c1-4-9-7-6-8-11-10(9)15(12,13-3)14-5-2/h6-8H,4-5H2,1-3H3. The van der Waals surface area contributed by atoms with Crippen molar-refractivity contribution in [1.29, 1.82) is 0 Å². The Labute approximate surface area is 90.2 Å². The first-order chi connectivity index (χ1) is 7.18. The Bertz CT molecular complexity index is 367. The fourth-order valence-electron chi connectivity index (χ4n) is 1.32. The van der Waals surface area contributed by atoms with Crippen LogP contribution in [-0.4, -0.2) is 18.7 Å². The molecule has 0 amide bonds. The number of aromatic nitrogens is 1. The number of hydrogen-bond donors (Lipinski definition) is 0. The zero-order valence-electron chi connectivity index (χ0n) is 9.27. The van der Waals surface area contributed by atoms with E-state index >= 15 is 0 Å². The van der Waals surface area contributed by atoms with Gasteiger partial charge in [0.2, 0.25) is 0 Å². The zero-order chi connectivity index (χ0) is 11.3. The molecule has 1 atom stereocenters. The van der Waals surface area contributed by atoms with Gasteiger partial charge in [-0.2, -0.15) is 0 Å². The Morgan fingerprint density at radius 2 is 2.20 bits per heavy atom. The Morgan fingerprint density at radius 3 is 2.73 bits per heavy atom. The normalized spacial score (nSPS) is 14.9. The van der Waals surface area contributed by atoms with Gasteiger partial charge in [-0.05, 0) is 25.0 Å². The molecule has 5 heteroatoms. The topological polar surface area (TPSA) is 48.4 Å². The van der Waals surface area contributed by atoms with E-state index < -0.39 is 7.60 Å². The molecule has 0 radical (unpaired) electrons. The van der Waals surface area contributed by atoms with Crippen molar-refractivity contribution < 1.29 is 13.6 Å². The van der Waals surface area contributed by atoms with E-state index in [0.29, 0.717) is 12.0 Å². The number of nitrogens with zero attached hydrogens (tertiary/aromatic N) is 1. The summed E-state index contributed by atoms with van der Waals surface area (Å²) in [5, 5.41) is 0. The monoisotopic (exact) mass is 229 g/mol. The Balaban J connectivity index is 3.17. The summed E-state index contributed by atoms with van der Waals surface area (Å²) in [6, 6.07) is 3.70. The predicted octanol–water partition coefficient (Wildman–Crippen LogP) is 2.15. The van der Waals surface area contributed by atoms with E-state index in [1.54, 1.807) is 13.1 Å². The maximum atomic E-state index is 12.3. The molecule has 0 saturated carbocycles. The van der Waals surface area contributed by atoms with Crippen LogP contribution in [0.5, 0.6) is 0 Å². The predicted molar refractivity (Wildman–Crippen MR) is 59.5 cm³/mol. The van der Waals surface area contributed by atoms with E-state index in [0.717, 1.165) is 12.0 Å². The quantitative estimate of drug-likeness (QED) is 0.726. The van der Waals surface area contributed by atoms with E-state index in [1.165, 1.54) is 7.11 Å². The van der Waals surface area contributed by atoms with Crippen molar-refractivity contribution in [3.8, 4) is 0 Å². The number of pyridine rings is 1. The molecule has 1 aromatic rings. The fourth-order valence-corrected chi connectivity index (χ4v) is 2.86. The van der Waals surface area contributed by atoms with E-state index in [1.807, 2.05) is 19.1 Å². The Hall–Kier alpha value is -0.700. The number of aryl methyl sites for hydroxylation is 1. The van der Waals surface area contributed by atoms with Crippen molar-refractivity contribution in [2.24, 2.45) is 0 Å². The third kappa shape index (κ3) is 2.65. The summed E-state index contributed by atoms with van der Waals surface area (Å²) in [6.45, 7) is 4.09. The molecule has 1 heterocycles. The van der Waals surface area contributed by atoms with Crippen LogP contribution in [0.4, 0.5) is 0 Å². The van der Waals surface area contributed by atoms with E-state index in [-0.39, 0.29) is 0 Å². The van der Waals surface area contributed by atoms with Crippen molar-refractivity contribution in [3.05, 3.63) is 23.9 Å². The highest BCUT2D eigenvalue weighted by atomic mass is 31.2. The van der Waals surface area contributed by atoms with Crippen LogP contribution in [0.25, 0.3) is 0 Å². The van der Waals surface area contributed by atoms with Crippen LogP contribution in [0, 0.1) is 0 Å². The van der Waals surface area contributed by atoms with Gasteiger partial charge in [-0.3, -0.25) is 4.57 Å². The van der Waals surface area contributed by atoms with Gasteiger partial charge in [0.15, 0.2) is 5.44 Å². The van der Waals surface area contributed by atoms with Gasteiger partial charge in [0.05, 0.1) is 6.61 Å². The zero-order valence-corrected chi connectivity index (χ0v) is 10.2. The molecule has 0 N–H and O–H groups in total. The van der Waals surface area contributed by atoms with Crippen LogP contribution in [0.2, 0.25) is 0 Å². The fraction of sp³-hybridized carbons (Fsp3) is 0.500. The van der Waals surface area contributed by atoms with Crippen molar-refractivity contribution in [1.82, 2.24) is 4.98 Å². The van der Waals surface area contributed by atoms with Crippen LogP contribution >= 0.6 is 7.60 Å². The van der Waals surface area contributed by atoms with Crippen LogP contribution in [0.15, 0.2) is 18.3 Å². The molecule has 1 unspecified atom stereocenters. The van der Waals surface area contributed by atoms with Gasteiger partial charge in [-0.15, -0.1) is 0 Å². The molecule has 1 aromatic heterocycles. The van der Waals surface area contributed by atoms with Crippen LogP contribution < -0.4 is 5.44 Å². The molecule has 84 valence electrons. The summed E-state index contributed by atoms with van der Waals surface area (Å²) in [7, 11) is -1.84. The molecular formula is C10H16NO3P. The molecule has 0 aliphatic heterocycles. The highest BCUT2D eigenvalue weighted by Gasteiger charge is 2.29. The lowest BCUT2D eigenvalue weighted by Crippen LogP contribution is -2.17. The highest BCUT2D eigenvalue weighted by molar-refractivity contribution is 7.62. The average Bonchev–Trinajstić information content (AvgIpc) is 2.29. The molecule has 0 bridgehead atoms. The first kappa shape index (κ1) is 12.4. The molecule has 0 aliphatic carbocycles. The minimum atomic E-state index is -3.22. The van der Waals surface area contributed by atoms with E-state index in [2.05, 4.69) is 4.98 Å². The third-order valence-electron chi connectivity index (χ3n) is 2.05. The van der Waals surface area contributed by atoms with Crippen LogP contribution in [0.3, 0.4) is 0 Å². The largest absolute Gasteiger partial charge is 0.379 e. The highest BCUT2D eigenvalue weighted by Crippen LogP contribution is 2.46. The van der Waals surface area contributed by atoms with Crippen molar-refractivity contribution in [3.63, 3.8) is 0 Å². The SMILES string of the molecule is CCOP(=O)(OC)c1ncccc1CC. The van der Waals surface area contributed by atoms with Crippen molar-refractivity contribution in [2.45, 2.75) is 20.3 Å². The minimum absolute atomic E-state index is 0.338. The van der Waals surface area contributed by atoms with Crippen molar-refractivity contribution in [2.75, 3.05) is 13.7 Å². The average molecular weight is 229 g/mol. The smallest absolute Gasteiger partial charge is 0.307 e. The molecule has 0 aliphatic rings. The van der Waals surface area contributed by atoms with Gasteiger partial charge in [-0.25, -0.2) is 4.98 Å². The molecular weight excluding hydrogens is 213 g/mol. The lowest BCUT2D eigenvalue weighted by Gasteiger charge is -2.16. The number of rotatable bonds is 5. The first-order valence-corrected chi connectivity index (χ1v) is 6.47. The minimum Gasteiger partial charge on any atom is -0.307 e. The molecule has 4 nitrogen and oxygen atoms in total. The van der Waals surface area contributed by atoms with Gasteiger partial charge in [-0.1, -0.05) is 13.0 Å².